The molecular formula is C24H28N6O2. The van der Waals surface area contributed by atoms with Crippen LogP contribution in [0.2, 0.25) is 0 Å². The zero-order valence-electron chi connectivity index (χ0n) is 18.1. The molecule has 2 aliphatic heterocycles. The summed E-state index contributed by atoms with van der Waals surface area (Å²) in [4.78, 5) is 30.2. The summed E-state index contributed by atoms with van der Waals surface area (Å²) >= 11 is 0. The molecular weight excluding hydrogens is 404 g/mol. The van der Waals surface area contributed by atoms with E-state index in [2.05, 4.69) is 42.2 Å². The molecule has 0 radical (unpaired) electrons. The standard InChI is InChI=1S/C24H28N6O2/c31-23(15-29-10-12-30(13-11-29)24-26-7-3-8-27-24)28-22-17-32-16-19(22)14-18-6-9-25-21-5-2-1-4-20(18)21/h1-9,19,22H,10-17H2,(H,28,31)/t19-,22+/m1/s1. The first kappa shape index (κ1) is 20.8. The number of piperazine rings is 1. The van der Waals surface area contributed by atoms with Crippen molar-refractivity contribution in [1.29, 1.82) is 0 Å². The monoisotopic (exact) mass is 432 g/mol. The van der Waals surface area contributed by atoms with Crippen LogP contribution in [0.15, 0.2) is 55.0 Å². The SMILES string of the molecule is O=C(CN1CCN(c2ncccn2)CC1)N[C@H]1COC[C@H]1Cc1ccnc2ccccc12. The number of nitrogens with one attached hydrogen (secondary N) is 1. The van der Waals surface area contributed by atoms with E-state index in [4.69, 9.17) is 4.74 Å². The lowest BCUT2D eigenvalue weighted by atomic mass is 9.93. The van der Waals surface area contributed by atoms with Crippen molar-refractivity contribution in [2.45, 2.75) is 12.5 Å². The highest BCUT2D eigenvalue weighted by atomic mass is 16.5. The molecule has 3 aromatic rings. The van der Waals surface area contributed by atoms with E-state index in [1.54, 1.807) is 12.4 Å². The Kier molecular flexibility index (Phi) is 6.22. The second-order valence-corrected chi connectivity index (χ2v) is 8.47. The quantitative estimate of drug-likeness (QED) is 0.632. The summed E-state index contributed by atoms with van der Waals surface area (Å²) in [7, 11) is 0. The van der Waals surface area contributed by atoms with Crippen LogP contribution in [0, 0.1) is 5.92 Å². The molecule has 0 spiro atoms. The number of nitrogens with zero attached hydrogens (tertiary/aromatic N) is 5. The first-order valence-corrected chi connectivity index (χ1v) is 11.2. The summed E-state index contributed by atoms with van der Waals surface area (Å²) in [6, 6.07) is 12.1. The maximum absolute atomic E-state index is 12.8. The number of benzene rings is 1. The molecule has 1 aromatic carbocycles. The van der Waals surface area contributed by atoms with E-state index in [0.29, 0.717) is 19.8 Å². The Bertz CT molecular complexity index is 1050. The van der Waals surface area contributed by atoms with Crippen molar-refractivity contribution in [1.82, 2.24) is 25.2 Å². The number of anilines is 1. The Labute approximate surface area is 187 Å². The number of aromatic nitrogens is 3. The number of hydrogen-bond acceptors (Lipinski definition) is 7. The molecule has 32 heavy (non-hydrogen) atoms. The lowest BCUT2D eigenvalue weighted by Gasteiger charge is -2.34. The van der Waals surface area contributed by atoms with Crippen molar-refractivity contribution in [3.05, 3.63) is 60.6 Å². The Hall–Kier alpha value is -3.10. The van der Waals surface area contributed by atoms with Gasteiger partial charge in [-0.15, -0.1) is 0 Å². The van der Waals surface area contributed by atoms with Crippen LogP contribution >= 0.6 is 0 Å². The van der Waals surface area contributed by atoms with Gasteiger partial charge in [-0.2, -0.15) is 0 Å². The Balaban J connectivity index is 1.14. The number of para-hydroxylation sites is 1. The molecule has 0 saturated carbocycles. The molecule has 1 N–H and O–H groups in total. The number of ether oxygens (including phenoxy) is 1. The van der Waals surface area contributed by atoms with Gasteiger partial charge in [0.1, 0.15) is 0 Å². The molecule has 0 unspecified atom stereocenters. The van der Waals surface area contributed by atoms with Gasteiger partial charge in [-0.1, -0.05) is 18.2 Å². The molecule has 4 heterocycles. The number of carbonyl (C=O) groups is 1. The molecule has 2 saturated heterocycles. The van der Waals surface area contributed by atoms with E-state index in [-0.39, 0.29) is 17.9 Å². The summed E-state index contributed by atoms with van der Waals surface area (Å²) in [5, 5.41) is 4.40. The van der Waals surface area contributed by atoms with Gasteiger partial charge in [0.05, 0.1) is 31.3 Å². The fourth-order valence-corrected chi connectivity index (χ4v) is 4.59. The molecule has 2 fully saturated rings. The average molecular weight is 433 g/mol. The number of fused-ring (bicyclic) bond motifs is 1. The van der Waals surface area contributed by atoms with Crippen LogP contribution in [0.1, 0.15) is 5.56 Å². The van der Waals surface area contributed by atoms with Crippen molar-refractivity contribution in [3.8, 4) is 0 Å². The Morgan fingerprint density at radius 2 is 1.78 bits per heavy atom. The first-order valence-electron chi connectivity index (χ1n) is 11.2. The van der Waals surface area contributed by atoms with Gasteiger partial charge in [-0.05, 0) is 30.2 Å². The molecule has 2 atom stereocenters. The number of amides is 1. The normalized spacial score (nSPS) is 21.7. The maximum atomic E-state index is 12.8. The largest absolute Gasteiger partial charge is 0.379 e. The van der Waals surface area contributed by atoms with Crippen LogP contribution < -0.4 is 10.2 Å². The molecule has 2 aromatic heterocycles. The zero-order chi connectivity index (χ0) is 21.8. The van der Waals surface area contributed by atoms with Gasteiger partial charge in [-0.25, -0.2) is 9.97 Å². The van der Waals surface area contributed by atoms with Crippen LogP contribution in [0.4, 0.5) is 5.95 Å². The highest BCUT2D eigenvalue weighted by Gasteiger charge is 2.31. The third kappa shape index (κ3) is 4.71. The van der Waals surface area contributed by atoms with Gasteiger partial charge in [-0.3, -0.25) is 14.7 Å². The molecule has 1 amide bonds. The van der Waals surface area contributed by atoms with Crippen molar-refractivity contribution in [2.75, 3.05) is 50.8 Å². The fraction of sp³-hybridized carbons (Fsp3) is 0.417. The predicted octanol–water partition coefficient (Wildman–Crippen LogP) is 1.52. The van der Waals surface area contributed by atoms with E-state index in [1.165, 1.54) is 10.9 Å². The lowest BCUT2D eigenvalue weighted by Crippen LogP contribution is -2.51. The van der Waals surface area contributed by atoms with E-state index in [1.807, 2.05) is 30.5 Å². The molecule has 8 nitrogen and oxygen atoms in total. The smallest absolute Gasteiger partial charge is 0.234 e. The van der Waals surface area contributed by atoms with Crippen LogP contribution in [0.3, 0.4) is 0 Å². The topological polar surface area (TPSA) is 83.5 Å². The first-order chi connectivity index (χ1) is 15.8. The Morgan fingerprint density at radius 3 is 2.62 bits per heavy atom. The minimum atomic E-state index is 0.0356. The van der Waals surface area contributed by atoms with Gasteiger partial charge in [0.25, 0.3) is 0 Å². The Morgan fingerprint density at radius 1 is 0.969 bits per heavy atom. The van der Waals surface area contributed by atoms with E-state index in [0.717, 1.165) is 44.1 Å². The minimum absolute atomic E-state index is 0.0356. The van der Waals surface area contributed by atoms with Gasteiger partial charge >= 0.3 is 0 Å². The van der Waals surface area contributed by atoms with Gasteiger partial charge in [0.2, 0.25) is 11.9 Å². The van der Waals surface area contributed by atoms with Crippen LogP contribution in [-0.2, 0) is 16.0 Å². The summed E-state index contributed by atoms with van der Waals surface area (Å²) in [5.41, 5.74) is 2.26. The van der Waals surface area contributed by atoms with Crippen molar-refractivity contribution in [3.63, 3.8) is 0 Å². The molecule has 166 valence electrons. The molecule has 0 bridgehead atoms. The van der Waals surface area contributed by atoms with E-state index < -0.39 is 0 Å². The highest BCUT2D eigenvalue weighted by molar-refractivity contribution is 5.82. The zero-order valence-corrected chi connectivity index (χ0v) is 18.1. The number of hydrogen-bond donors (Lipinski definition) is 1. The minimum Gasteiger partial charge on any atom is -0.379 e. The summed E-state index contributed by atoms with van der Waals surface area (Å²) in [6.45, 7) is 4.92. The summed E-state index contributed by atoms with van der Waals surface area (Å²) < 4.78 is 5.74. The van der Waals surface area contributed by atoms with Gasteiger partial charge < -0.3 is 15.0 Å². The lowest BCUT2D eigenvalue weighted by molar-refractivity contribution is -0.123. The predicted molar refractivity (Wildman–Crippen MR) is 122 cm³/mol. The van der Waals surface area contributed by atoms with E-state index in [9.17, 15) is 4.79 Å². The third-order valence-electron chi connectivity index (χ3n) is 6.34. The second-order valence-electron chi connectivity index (χ2n) is 8.47. The maximum Gasteiger partial charge on any atom is 0.234 e. The van der Waals surface area contributed by atoms with Crippen molar-refractivity contribution < 1.29 is 9.53 Å². The van der Waals surface area contributed by atoms with Crippen LogP contribution in [0.5, 0.6) is 0 Å². The van der Waals surface area contributed by atoms with Crippen LogP contribution in [-0.4, -0.2) is 77.7 Å². The third-order valence-corrected chi connectivity index (χ3v) is 6.34. The number of carbonyl (C=O) groups excluding carboxylic acids is 1. The second kappa shape index (κ2) is 9.58. The molecule has 0 aliphatic carbocycles. The summed E-state index contributed by atoms with van der Waals surface area (Å²) in [5.74, 6) is 1.08. The highest BCUT2D eigenvalue weighted by Crippen LogP contribution is 2.24. The van der Waals surface area contributed by atoms with E-state index >= 15 is 0 Å². The average Bonchev–Trinajstić information content (AvgIpc) is 3.26. The number of rotatable bonds is 6. The van der Waals surface area contributed by atoms with Gasteiger partial charge in [0.15, 0.2) is 0 Å². The van der Waals surface area contributed by atoms with Crippen molar-refractivity contribution in [2.24, 2.45) is 5.92 Å². The van der Waals surface area contributed by atoms with Crippen LogP contribution in [0.25, 0.3) is 10.9 Å². The fourth-order valence-electron chi connectivity index (χ4n) is 4.59. The molecule has 5 rings (SSSR count). The van der Waals surface area contributed by atoms with Crippen molar-refractivity contribution >= 4 is 22.8 Å². The van der Waals surface area contributed by atoms with Gasteiger partial charge in [0, 0.05) is 56.1 Å². The molecule has 8 heteroatoms. The molecule has 2 aliphatic rings. The number of pyridine rings is 1. The summed E-state index contributed by atoms with van der Waals surface area (Å²) in [6.07, 6.45) is 6.25.